The molecule has 68 valence electrons. The second-order valence-electron chi connectivity index (χ2n) is 2.32. The standard InChI is InChI=1S/C7H8BrClO2S/c8-3-5(10)6(11)4-1-2-12-7(4)9/h1-2,5-6,10-11H,3H2. The molecule has 1 heterocycles. The monoisotopic (exact) mass is 270 g/mol. The van der Waals surface area contributed by atoms with Crippen molar-refractivity contribution in [2.75, 3.05) is 5.33 Å². The van der Waals surface area contributed by atoms with E-state index in [9.17, 15) is 10.2 Å². The average molecular weight is 272 g/mol. The van der Waals surface area contributed by atoms with E-state index in [1.807, 2.05) is 0 Å². The number of alkyl halides is 1. The van der Waals surface area contributed by atoms with Crippen LogP contribution in [0, 0.1) is 0 Å². The SMILES string of the molecule is OC(CBr)C(O)c1ccsc1Cl. The van der Waals surface area contributed by atoms with Crippen molar-refractivity contribution in [1.82, 2.24) is 0 Å². The predicted molar refractivity (Wildman–Crippen MR) is 54.1 cm³/mol. The van der Waals surface area contributed by atoms with Gasteiger partial charge in [0.15, 0.2) is 0 Å². The van der Waals surface area contributed by atoms with Gasteiger partial charge < -0.3 is 10.2 Å². The topological polar surface area (TPSA) is 40.5 Å². The molecule has 2 N–H and O–H groups in total. The Labute approximate surface area is 87.9 Å². The summed E-state index contributed by atoms with van der Waals surface area (Å²) in [6.45, 7) is 0. The maximum atomic E-state index is 9.50. The van der Waals surface area contributed by atoms with Crippen LogP contribution in [0.1, 0.15) is 11.7 Å². The van der Waals surface area contributed by atoms with E-state index in [4.69, 9.17) is 11.6 Å². The fourth-order valence-corrected chi connectivity index (χ4v) is 2.15. The number of hydrogen-bond donors (Lipinski definition) is 2. The lowest BCUT2D eigenvalue weighted by Gasteiger charge is -2.14. The smallest absolute Gasteiger partial charge is 0.108 e. The molecule has 0 aliphatic carbocycles. The molecule has 0 aromatic carbocycles. The molecule has 0 aliphatic heterocycles. The first-order chi connectivity index (χ1) is 5.66. The minimum Gasteiger partial charge on any atom is -0.389 e. The van der Waals surface area contributed by atoms with E-state index in [0.29, 0.717) is 15.2 Å². The molecule has 0 fully saturated rings. The van der Waals surface area contributed by atoms with E-state index >= 15 is 0 Å². The van der Waals surface area contributed by atoms with Gasteiger partial charge >= 0.3 is 0 Å². The highest BCUT2D eigenvalue weighted by Crippen LogP contribution is 2.30. The summed E-state index contributed by atoms with van der Waals surface area (Å²) in [7, 11) is 0. The number of aliphatic hydroxyl groups is 2. The van der Waals surface area contributed by atoms with Crippen molar-refractivity contribution in [3.8, 4) is 0 Å². The molecule has 1 rings (SSSR count). The van der Waals surface area contributed by atoms with Crippen LogP contribution in [-0.4, -0.2) is 21.6 Å². The van der Waals surface area contributed by atoms with Crippen LogP contribution < -0.4 is 0 Å². The van der Waals surface area contributed by atoms with E-state index in [0.717, 1.165) is 0 Å². The van der Waals surface area contributed by atoms with Gasteiger partial charge in [-0.25, -0.2) is 0 Å². The summed E-state index contributed by atoms with van der Waals surface area (Å²) >= 11 is 10.2. The van der Waals surface area contributed by atoms with Crippen LogP contribution in [0.4, 0.5) is 0 Å². The van der Waals surface area contributed by atoms with Gasteiger partial charge in [-0.1, -0.05) is 27.5 Å². The molecule has 0 saturated carbocycles. The highest BCUT2D eigenvalue weighted by atomic mass is 79.9. The summed E-state index contributed by atoms with van der Waals surface area (Å²) in [5.41, 5.74) is 0.591. The lowest BCUT2D eigenvalue weighted by Crippen LogP contribution is -2.19. The molecular weight excluding hydrogens is 263 g/mol. The third-order valence-electron chi connectivity index (χ3n) is 1.49. The third kappa shape index (κ3) is 2.20. The Morgan fingerprint density at radius 1 is 1.58 bits per heavy atom. The molecule has 0 spiro atoms. The Balaban J connectivity index is 2.77. The van der Waals surface area contributed by atoms with Crippen LogP contribution >= 0.6 is 38.9 Å². The average Bonchev–Trinajstić information content (AvgIpc) is 2.48. The van der Waals surface area contributed by atoms with Crippen molar-refractivity contribution in [3.63, 3.8) is 0 Å². The van der Waals surface area contributed by atoms with E-state index in [1.54, 1.807) is 11.4 Å². The normalized spacial score (nSPS) is 16.0. The number of aliphatic hydroxyl groups excluding tert-OH is 2. The van der Waals surface area contributed by atoms with Crippen LogP contribution in [0.25, 0.3) is 0 Å². The van der Waals surface area contributed by atoms with Gasteiger partial charge in [-0.2, -0.15) is 0 Å². The lowest BCUT2D eigenvalue weighted by molar-refractivity contribution is 0.0346. The molecule has 5 heteroatoms. The van der Waals surface area contributed by atoms with Crippen LogP contribution in [0.15, 0.2) is 11.4 Å². The van der Waals surface area contributed by atoms with Gasteiger partial charge in [-0.15, -0.1) is 11.3 Å². The van der Waals surface area contributed by atoms with E-state index < -0.39 is 12.2 Å². The summed E-state index contributed by atoms with van der Waals surface area (Å²) in [6, 6.07) is 1.71. The highest BCUT2D eigenvalue weighted by Gasteiger charge is 2.19. The first-order valence-corrected chi connectivity index (χ1v) is 5.69. The maximum absolute atomic E-state index is 9.50. The zero-order valence-corrected chi connectivity index (χ0v) is 9.23. The lowest BCUT2D eigenvalue weighted by atomic mass is 10.1. The molecule has 12 heavy (non-hydrogen) atoms. The van der Waals surface area contributed by atoms with Crippen LogP contribution in [-0.2, 0) is 0 Å². The van der Waals surface area contributed by atoms with Crippen LogP contribution in [0.2, 0.25) is 4.34 Å². The third-order valence-corrected chi connectivity index (χ3v) is 3.35. The van der Waals surface area contributed by atoms with Gasteiger partial charge in [0.25, 0.3) is 0 Å². The second kappa shape index (κ2) is 4.58. The quantitative estimate of drug-likeness (QED) is 0.828. The minimum absolute atomic E-state index is 0.334. The largest absolute Gasteiger partial charge is 0.389 e. The number of rotatable bonds is 3. The fourth-order valence-electron chi connectivity index (χ4n) is 0.807. The van der Waals surface area contributed by atoms with Gasteiger partial charge in [0.05, 0.1) is 10.4 Å². The minimum atomic E-state index is -0.900. The van der Waals surface area contributed by atoms with Gasteiger partial charge in [0.1, 0.15) is 6.10 Å². The molecule has 0 amide bonds. The van der Waals surface area contributed by atoms with Gasteiger partial charge in [0, 0.05) is 10.9 Å². The molecule has 1 aromatic heterocycles. The van der Waals surface area contributed by atoms with Crippen molar-refractivity contribution in [2.24, 2.45) is 0 Å². The zero-order chi connectivity index (χ0) is 9.14. The highest BCUT2D eigenvalue weighted by molar-refractivity contribution is 9.09. The summed E-state index contributed by atoms with van der Waals surface area (Å²) in [5.74, 6) is 0. The van der Waals surface area contributed by atoms with E-state index in [2.05, 4.69) is 15.9 Å². The van der Waals surface area contributed by atoms with Crippen molar-refractivity contribution in [3.05, 3.63) is 21.3 Å². The number of halogens is 2. The van der Waals surface area contributed by atoms with Crippen molar-refractivity contribution >= 4 is 38.9 Å². The second-order valence-corrected chi connectivity index (χ2v) is 4.48. The molecular formula is C7H8BrClO2S. The molecule has 0 radical (unpaired) electrons. The van der Waals surface area contributed by atoms with Crippen molar-refractivity contribution < 1.29 is 10.2 Å². The van der Waals surface area contributed by atoms with Gasteiger partial charge in [0.2, 0.25) is 0 Å². The van der Waals surface area contributed by atoms with E-state index in [1.165, 1.54) is 11.3 Å². The molecule has 2 unspecified atom stereocenters. The molecule has 0 saturated heterocycles. The van der Waals surface area contributed by atoms with Crippen molar-refractivity contribution in [1.29, 1.82) is 0 Å². The molecule has 2 atom stereocenters. The zero-order valence-electron chi connectivity index (χ0n) is 6.08. The molecule has 1 aromatic rings. The molecule has 2 nitrogen and oxygen atoms in total. The summed E-state index contributed by atoms with van der Waals surface area (Å²) < 4.78 is 0.530. The molecule has 0 aliphatic rings. The Morgan fingerprint density at radius 2 is 2.25 bits per heavy atom. The first-order valence-electron chi connectivity index (χ1n) is 3.31. The van der Waals surface area contributed by atoms with Gasteiger partial charge in [-0.05, 0) is 11.4 Å². The van der Waals surface area contributed by atoms with Crippen molar-refractivity contribution in [2.45, 2.75) is 12.2 Å². The Hall–Kier alpha value is 0.390. The summed E-state index contributed by atoms with van der Waals surface area (Å²) in [5, 5.41) is 20.9. The maximum Gasteiger partial charge on any atom is 0.108 e. The summed E-state index contributed by atoms with van der Waals surface area (Å²) in [4.78, 5) is 0. The van der Waals surface area contributed by atoms with Gasteiger partial charge in [-0.3, -0.25) is 0 Å². The Bertz CT molecular complexity index is 253. The predicted octanol–water partition coefficient (Wildman–Crippen LogP) is 2.19. The van der Waals surface area contributed by atoms with Crippen LogP contribution in [0.5, 0.6) is 0 Å². The fraction of sp³-hybridized carbons (Fsp3) is 0.429. The Morgan fingerprint density at radius 3 is 2.67 bits per heavy atom. The van der Waals surface area contributed by atoms with E-state index in [-0.39, 0.29) is 0 Å². The van der Waals surface area contributed by atoms with Crippen LogP contribution in [0.3, 0.4) is 0 Å². The first kappa shape index (κ1) is 10.5. The number of thiophene rings is 1. The Kier molecular flexibility index (Phi) is 3.99. The molecule has 0 bridgehead atoms. The number of hydrogen-bond acceptors (Lipinski definition) is 3. The summed E-state index contributed by atoms with van der Waals surface area (Å²) in [6.07, 6.45) is -1.71.